The van der Waals surface area contributed by atoms with Gasteiger partial charge in [0.25, 0.3) is 0 Å². The fourth-order valence-electron chi connectivity index (χ4n) is 2.39. The summed E-state index contributed by atoms with van der Waals surface area (Å²) in [7, 11) is 0. The van der Waals surface area contributed by atoms with Crippen molar-refractivity contribution in [3.63, 3.8) is 0 Å². The molecular weight excluding hydrogens is 216 g/mol. The highest BCUT2D eigenvalue weighted by Crippen LogP contribution is 2.26. The van der Waals surface area contributed by atoms with Crippen LogP contribution in [0.5, 0.6) is 0 Å². The minimum Gasteiger partial charge on any atom is -0.326 e. The van der Waals surface area contributed by atoms with Crippen LogP contribution < -0.4 is 5.73 Å². The van der Waals surface area contributed by atoms with E-state index in [9.17, 15) is 0 Å². The Morgan fingerprint density at radius 3 is 2.75 bits per heavy atom. The highest BCUT2D eigenvalue weighted by molar-refractivity contribution is 7.11. The summed E-state index contributed by atoms with van der Waals surface area (Å²) in [6, 6.07) is 4.39. The van der Waals surface area contributed by atoms with E-state index in [-0.39, 0.29) is 0 Å². The van der Waals surface area contributed by atoms with Crippen molar-refractivity contribution in [3.8, 4) is 0 Å². The summed E-state index contributed by atoms with van der Waals surface area (Å²) in [5, 5.41) is 0. The van der Waals surface area contributed by atoms with Gasteiger partial charge in [0.1, 0.15) is 0 Å². The zero-order chi connectivity index (χ0) is 11.5. The van der Waals surface area contributed by atoms with Gasteiger partial charge in [-0.25, -0.2) is 0 Å². The number of rotatable bonds is 4. The van der Waals surface area contributed by atoms with E-state index < -0.39 is 0 Å². The minimum atomic E-state index is 0.680. The quantitative estimate of drug-likeness (QED) is 0.874. The summed E-state index contributed by atoms with van der Waals surface area (Å²) in [6.07, 6.45) is 1.37. The first-order chi connectivity index (χ1) is 7.69. The fraction of sp³-hybridized carbons (Fsp3) is 0.692. The van der Waals surface area contributed by atoms with Gasteiger partial charge in [0, 0.05) is 29.4 Å². The number of nitrogens with two attached hydrogens (primary N) is 1. The Bertz CT molecular complexity index is 332. The van der Waals surface area contributed by atoms with Crippen LogP contribution in [-0.4, -0.2) is 18.0 Å². The molecule has 0 aromatic carbocycles. The molecule has 1 aliphatic rings. The van der Waals surface area contributed by atoms with Crippen molar-refractivity contribution in [2.45, 2.75) is 33.4 Å². The lowest BCUT2D eigenvalue weighted by atomic mass is 9.95. The molecule has 2 rings (SSSR count). The Morgan fingerprint density at radius 1 is 1.44 bits per heavy atom. The molecule has 0 aliphatic carbocycles. The Balaban J connectivity index is 1.87. The summed E-state index contributed by atoms with van der Waals surface area (Å²) in [4.78, 5) is 5.34. The monoisotopic (exact) mass is 238 g/mol. The van der Waals surface area contributed by atoms with E-state index in [0.717, 1.165) is 18.4 Å². The third-order valence-corrected chi connectivity index (χ3v) is 4.64. The highest BCUT2D eigenvalue weighted by Gasteiger charge is 2.24. The third kappa shape index (κ3) is 2.84. The predicted octanol–water partition coefficient (Wildman–Crippen LogP) is 2.68. The van der Waals surface area contributed by atoms with Crippen LogP contribution in [0.15, 0.2) is 12.1 Å². The normalized spacial score (nSPS) is 22.1. The number of likely N-dealkylation sites (tertiary alicyclic amines) is 1. The molecule has 2 heterocycles. The Morgan fingerprint density at radius 2 is 2.19 bits per heavy atom. The maximum Gasteiger partial charge on any atom is 0.0328 e. The van der Waals surface area contributed by atoms with Crippen molar-refractivity contribution < 1.29 is 0 Å². The average Bonchev–Trinajstić information content (AvgIpc) is 2.87. The summed E-state index contributed by atoms with van der Waals surface area (Å²) < 4.78 is 0. The molecule has 0 amide bonds. The lowest BCUT2D eigenvalue weighted by Gasteiger charge is -2.16. The standard InChI is InChI=1S/C13H22N2S/c1-10(2)11-5-6-15(8-11)9-13-4-3-12(7-14)16-13/h3-4,10-11H,5-9,14H2,1-2H3. The van der Waals surface area contributed by atoms with Gasteiger partial charge in [-0.05, 0) is 36.9 Å². The van der Waals surface area contributed by atoms with E-state index in [1.165, 1.54) is 29.3 Å². The molecule has 0 saturated carbocycles. The Hall–Kier alpha value is -0.380. The van der Waals surface area contributed by atoms with Crippen molar-refractivity contribution in [2.75, 3.05) is 13.1 Å². The van der Waals surface area contributed by atoms with Crippen molar-refractivity contribution in [1.82, 2.24) is 4.90 Å². The molecular formula is C13H22N2S. The van der Waals surface area contributed by atoms with Gasteiger partial charge in [-0.15, -0.1) is 11.3 Å². The number of hydrogen-bond donors (Lipinski definition) is 1. The second kappa shape index (κ2) is 5.30. The van der Waals surface area contributed by atoms with Crippen LogP contribution in [0.3, 0.4) is 0 Å². The smallest absolute Gasteiger partial charge is 0.0328 e. The molecule has 1 unspecified atom stereocenters. The van der Waals surface area contributed by atoms with E-state index in [0.29, 0.717) is 6.54 Å². The molecule has 16 heavy (non-hydrogen) atoms. The number of nitrogens with zero attached hydrogens (tertiary/aromatic N) is 1. The lowest BCUT2D eigenvalue weighted by molar-refractivity contribution is 0.299. The van der Waals surface area contributed by atoms with Crippen molar-refractivity contribution in [2.24, 2.45) is 17.6 Å². The number of hydrogen-bond acceptors (Lipinski definition) is 3. The minimum absolute atomic E-state index is 0.680. The van der Waals surface area contributed by atoms with E-state index in [1.807, 2.05) is 11.3 Å². The van der Waals surface area contributed by atoms with Crippen LogP contribution in [0.2, 0.25) is 0 Å². The van der Waals surface area contributed by atoms with Crippen LogP contribution >= 0.6 is 11.3 Å². The van der Waals surface area contributed by atoms with E-state index in [1.54, 1.807) is 0 Å². The van der Waals surface area contributed by atoms with Crippen LogP contribution in [0, 0.1) is 11.8 Å². The summed E-state index contributed by atoms with van der Waals surface area (Å²) in [6.45, 7) is 9.01. The van der Waals surface area contributed by atoms with E-state index in [4.69, 9.17) is 5.73 Å². The molecule has 2 N–H and O–H groups in total. The van der Waals surface area contributed by atoms with Gasteiger partial charge in [0.2, 0.25) is 0 Å². The largest absolute Gasteiger partial charge is 0.326 e. The molecule has 0 radical (unpaired) electrons. The predicted molar refractivity (Wildman–Crippen MR) is 70.4 cm³/mol. The van der Waals surface area contributed by atoms with Crippen molar-refractivity contribution >= 4 is 11.3 Å². The van der Waals surface area contributed by atoms with Gasteiger partial charge in [0.15, 0.2) is 0 Å². The van der Waals surface area contributed by atoms with Gasteiger partial charge >= 0.3 is 0 Å². The first-order valence-corrected chi connectivity index (χ1v) is 7.00. The maximum atomic E-state index is 5.63. The summed E-state index contributed by atoms with van der Waals surface area (Å²) >= 11 is 1.86. The molecule has 3 heteroatoms. The molecule has 1 aromatic rings. The third-order valence-electron chi connectivity index (χ3n) is 3.55. The maximum absolute atomic E-state index is 5.63. The van der Waals surface area contributed by atoms with Crippen LogP contribution in [-0.2, 0) is 13.1 Å². The van der Waals surface area contributed by atoms with Gasteiger partial charge in [-0.3, -0.25) is 4.90 Å². The van der Waals surface area contributed by atoms with Gasteiger partial charge in [-0.1, -0.05) is 13.8 Å². The molecule has 1 saturated heterocycles. The number of thiophene rings is 1. The SMILES string of the molecule is CC(C)C1CCN(Cc2ccc(CN)s2)C1. The first-order valence-electron chi connectivity index (χ1n) is 6.19. The fourth-order valence-corrected chi connectivity index (χ4v) is 3.33. The van der Waals surface area contributed by atoms with E-state index in [2.05, 4.69) is 30.9 Å². The molecule has 1 aliphatic heterocycles. The van der Waals surface area contributed by atoms with Crippen LogP contribution in [0.25, 0.3) is 0 Å². The second-order valence-electron chi connectivity index (χ2n) is 5.10. The zero-order valence-corrected chi connectivity index (χ0v) is 11.1. The highest BCUT2D eigenvalue weighted by atomic mass is 32.1. The zero-order valence-electron chi connectivity index (χ0n) is 10.3. The lowest BCUT2D eigenvalue weighted by Crippen LogP contribution is -2.20. The Kier molecular flexibility index (Phi) is 4.00. The molecule has 2 nitrogen and oxygen atoms in total. The molecule has 90 valence electrons. The van der Waals surface area contributed by atoms with Crippen LogP contribution in [0.4, 0.5) is 0 Å². The van der Waals surface area contributed by atoms with Gasteiger partial charge in [-0.2, -0.15) is 0 Å². The average molecular weight is 238 g/mol. The second-order valence-corrected chi connectivity index (χ2v) is 6.35. The molecule has 1 fully saturated rings. The summed E-state index contributed by atoms with van der Waals surface area (Å²) in [5.41, 5.74) is 5.63. The van der Waals surface area contributed by atoms with Crippen molar-refractivity contribution in [3.05, 3.63) is 21.9 Å². The van der Waals surface area contributed by atoms with E-state index >= 15 is 0 Å². The van der Waals surface area contributed by atoms with Gasteiger partial charge < -0.3 is 5.73 Å². The van der Waals surface area contributed by atoms with Gasteiger partial charge in [0.05, 0.1) is 0 Å². The molecule has 1 atom stereocenters. The van der Waals surface area contributed by atoms with Crippen molar-refractivity contribution in [1.29, 1.82) is 0 Å². The molecule has 0 spiro atoms. The topological polar surface area (TPSA) is 29.3 Å². The molecule has 1 aromatic heterocycles. The first kappa shape index (κ1) is 12.1. The van der Waals surface area contributed by atoms with Crippen LogP contribution in [0.1, 0.15) is 30.0 Å². The molecule has 0 bridgehead atoms. The Labute approximate surface area is 102 Å². The summed E-state index contributed by atoms with van der Waals surface area (Å²) in [5.74, 6) is 1.72.